The molecule has 0 bridgehead atoms. The Morgan fingerprint density at radius 2 is 2.00 bits per heavy atom. The van der Waals surface area contributed by atoms with Gasteiger partial charge < -0.3 is 10.0 Å². The van der Waals surface area contributed by atoms with Gasteiger partial charge in [-0.3, -0.25) is 0 Å². The predicted octanol–water partition coefficient (Wildman–Crippen LogP) is 2.62. The first-order chi connectivity index (χ1) is 6.97. The SMILES string of the molecule is CC(C)CN(C)Cc1cc(O)cc(F)c1. The Labute approximate surface area is 90.3 Å². The molecule has 0 radical (unpaired) electrons. The van der Waals surface area contributed by atoms with Crippen LogP contribution in [0.5, 0.6) is 5.75 Å². The van der Waals surface area contributed by atoms with Crippen LogP contribution in [0.3, 0.4) is 0 Å². The molecule has 0 atom stereocenters. The first-order valence-corrected chi connectivity index (χ1v) is 5.14. The van der Waals surface area contributed by atoms with Crippen LogP contribution in [0.4, 0.5) is 4.39 Å². The van der Waals surface area contributed by atoms with Crippen LogP contribution < -0.4 is 0 Å². The number of rotatable bonds is 4. The number of halogens is 1. The van der Waals surface area contributed by atoms with Gasteiger partial charge in [0.15, 0.2) is 0 Å². The van der Waals surface area contributed by atoms with Crippen LogP contribution in [0, 0.1) is 11.7 Å². The summed E-state index contributed by atoms with van der Waals surface area (Å²) in [6, 6.07) is 4.17. The van der Waals surface area contributed by atoms with E-state index in [1.807, 2.05) is 7.05 Å². The van der Waals surface area contributed by atoms with E-state index in [1.54, 1.807) is 6.07 Å². The van der Waals surface area contributed by atoms with Gasteiger partial charge in [-0.2, -0.15) is 0 Å². The van der Waals surface area contributed by atoms with Gasteiger partial charge in [0.2, 0.25) is 0 Å². The molecule has 3 heteroatoms. The van der Waals surface area contributed by atoms with E-state index in [1.165, 1.54) is 6.07 Å². The molecule has 0 aliphatic heterocycles. The number of phenols is 1. The highest BCUT2D eigenvalue weighted by atomic mass is 19.1. The monoisotopic (exact) mass is 211 g/mol. The van der Waals surface area contributed by atoms with Gasteiger partial charge in [-0.15, -0.1) is 0 Å². The molecule has 0 fully saturated rings. The molecule has 1 aromatic carbocycles. The molecule has 0 aliphatic carbocycles. The quantitative estimate of drug-likeness (QED) is 0.827. The molecule has 1 rings (SSSR count). The second-order valence-corrected chi connectivity index (χ2v) is 4.41. The summed E-state index contributed by atoms with van der Waals surface area (Å²) in [6.45, 7) is 5.89. The lowest BCUT2D eigenvalue weighted by atomic mass is 10.1. The molecular formula is C12H18FNO. The molecule has 1 N–H and O–H groups in total. The van der Waals surface area contributed by atoms with E-state index in [2.05, 4.69) is 18.7 Å². The topological polar surface area (TPSA) is 23.5 Å². The van der Waals surface area contributed by atoms with Gasteiger partial charge in [0.1, 0.15) is 11.6 Å². The normalized spacial score (nSPS) is 11.3. The van der Waals surface area contributed by atoms with Crippen molar-refractivity contribution in [2.75, 3.05) is 13.6 Å². The number of hydrogen-bond acceptors (Lipinski definition) is 2. The van der Waals surface area contributed by atoms with Gasteiger partial charge in [-0.1, -0.05) is 13.8 Å². The zero-order valence-electron chi connectivity index (χ0n) is 9.50. The van der Waals surface area contributed by atoms with Crippen LogP contribution in [0.2, 0.25) is 0 Å². The fourth-order valence-corrected chi connectivity index (χ4v) is 1.72. The average molecular weight is 211 g/mol. The van der Waals surface area contributed by atoms with Crippen molar-refractivity contribution in [3.05, 3.63) is 29.6 Å². The molecule has 1 aromatic rings. The maximum Gasteiger partial charge on any atom is 0.127 e. The number of aromatic hydroxyl groups is 1. The summed E-state index contributed by atoms with van der Waals surface area (Å²) in [5, 5.41) is 9.23. The first-order valence-electron chi connectivity index (χ1n) is 5.14. The third kappa shape index (κ3) is 4.30. The molecule has 0 unspecified atom stereocenters. The lowest BCUT2D eigenvalue weighted by molar-refractivity contribution is 0.287. The Hall–Kier alpha value is -1.09. The molecule has 0 heterocycles. The lowest BCUT2D eigenvalue weighted by Crippen LogP contribution is -2.22. The van der Waals surface area contributed by atoms with E-state index >= 15 is 0 Å². The molecule has 0 amide bonds. The lowest BCUT2D eigenvalue weighted by Gasteiger charge is -2.18. The standard InChI is InChI=1S/C12H18FNO/c1-9(2)7-14(3)8-10-4-11(13)6-12(15)5-10/h4-6,9,15H,7-8H2,1-3H3. The smallest absolute Gasteiger partial charge is 0.127 e. The van der Waals surface area contributed by atoms with E-state index in [9.17, 15) is 9.50 Å². The van der Waals surface area contributed by atoms with Crippen LogP contribution in [0.15, 0.2) is 18.2 Å². The molecule has 15 heavy (non-hydrogen) atoms. The largest absolute Gasteiger partial charge is 0.508 e. The number of hydrogen-bond donors (Lipinski definition) is 1. The third-order valence-electron chi connectivity index (χ3n) is 2.07. The molecule has 0 saturated carbocycles. The number of nitrogens with zero attached hydrogens (tertiary/aromatic N) is 1. The highest BCUT2D eigenvalue weighted by molar-refractivity contribution is 5.28. The molecule has 0 aliphatic rings. The van der Waals surface area contributed by atoms with Gasteiger partial charge in [0.05, 0.1) is 0 Å². The highest BCUT2D eigenvalue weighted by Gasteiger charge is 2.05. The van der Waals surface area contributed by atoms with Crippen molar-refractivity contribution in [2.24, 2.45) is 5.92 Å². The maximum atomic E-state index is 13.0. The second kappa shape index (κ2) is 5.12. The second-order valence-electron chi connectivity index (χ2n) is 4.41. The van der Waals surface area contributed by atoms with Crippen LogP contribution in [-0.4, -0.2) is 23.6 Å². The van der Waals surface area contributed by atoms with Gasteiger partial charge in [0, 0.05) is 19.2 Å². The molecule has 0 spiro atoms. The molecule has 0 saturated heterocycles. The van der Waals surface area contributed by atoms with Crippen molar-refractivity contribution in [1.82, 2.24) is 4.90 Å². The fourth-order valence-electron chi connectivity index (χ4n) is 1.72. The Bertz CT molecular complexity index is 305. The summed E-state index contributed by atoms with van der Waals surface area (Å²) in [5.41, 5.74) is 0.802. The third-order valence-corrected chi connectivity index (χ3v) is 2.07. The van der Waals surface area contributed by atoms with E-state index in [-0.39, 0.29) is 11.6 Å². The summed E-state index contributed by atoms with van der Waals surface area (Å²) in [5.74, 6) is 0.183. The predicted molar refractivity (Wildman–Crippen MR) is 59.2 cm³/mol. The van der Waals surface area contributed by atoms with Crippen molar-refractivity contribution >= 4 is 0 Å². The van der Waals surface area contributed by atoms with E-state index in [0.29, 0.717) is 12.5 Å². The van der Waals surface area contributed by atoms with Crippen LogP contribution in [-0.2, 0) is 6.54 Å². The van der Waals surface area contributed by atoms with E-state index < -0.39 is 0 Å². The summed E-state index contributed by atoms with van der Waals surface area (Å²) < 4.78 is 13.0. The molecular weight excluding hydrogens is 193 g/mol. The van der Waals surface area contributed by atoms with E-state index in [0.717, 1.165) is 18.2 Å². The number of phenolic OH excluding ortho intramolecular Hbond substituents is 1. The maximum absolute atomic E-state index is 13.0. The van der Waals surface area contributed by atoms with Gasteiger partial charge in [0.25, 0.3) is 0 Å². The van der Waals surface area contributed by atoms with Crippen molar-refractivity contribution in [1.29, 1.82) is 0 Å². The minimum Gasteiger partial charge on any atom is -0.508 e. The summed E-state index contributed by atoms with van der Waals surface area (Å²) in [7, 11) is 1.99. The van der Waals surface area contributed by atoms with Gasteiger partial charge in [-0.25, -0.2) is 4.39 Å². The molecule has 84 valence electrons. The first kappa shape index (κ1) is 12.0. The Morgan fingerprint density at radius 3 is 2.53 bits per heavy atom. The van der Waals surface area contributed by atoms with Crippen LogP contribution in [0.1, 0.15) is 19.4 Å². The summed E-state index contributed by atoms with van der Waals surface area (Å²) >= 11 is 0. The minimum absolute atomic E-state index is 0.0112. The Morgan fingerprint density at radius 1 is 1.33 bits per heavy atom. The van der Waals surface area contributed by atoms with Crippen molar-refractivity contribution in [3.63, 3.8) is 0 Å². The average Bonchev–Trinajstić information content (AvgIpc) is 1.98. The van der Waals surface area contributed by atoms with E-state index in [4.69, 9.17) is 0 Å². The molecule has 2 nitrogen and oxygen atoms in total. The van der Waals surface area contributed by atoms with Crippen LogP contribution in [0.25, 0.3) is 0 Å². The zero-order chi connectivity index (χ0) is 11.4. The van der Waals surface area contributed by atoms with Crippen molar-refractivity contribution in [3.8, 4) is 5.75 Å². The summed E-state index contributed by atoms with van der Waals surface area (Å²) in [6.07, 6.45) is 0. The minimum atomic E-state index is -0.386. The molecule has 0 aromatic heterocycles. The van der Waals surface area contributed by atoms with Crippen molar-refractivity contribution < 1.29 is 9.50 Å². The fraction of sp³-hybridized carbons (Fsp3) is 0.500. The van der Waals surface area contributed by atoms with Crippen molar-refractivity contribution in [2.45, 2.75) is 20.4 Å². The number of benzene rings is 1. The Kier molecular flexibility index (Phi) is 4.09. The highest BCUT2D eigenvalue weighted by Crippen LogP contribution is 2.16. The Balaban J connectivity index is 2.63. The summed E-state index contributed by atoms with van der Waals surface area (Å²) in [4.78, 5) is 2.11. The zero-order valence-corrected chi connectivity index (χ0v) is 9.50. The van der Waals surface area contributed by atoms with Gasteiger partial charge >= 0.3 is 0 Å². The van der Waals surface area contributed by atoms with Crippen LogP contribution >= 0.6 is 0 Å². The van der Waals surface area contributed by atoms with Gasteiger partial charge in [-0.05, 0) is 30.7 Å².